The summed E-state index contributed by atoms with van der Waals surface area (Å²) in [6.07, 6.45) is 20.0. The third-order valence-electron chi connectivity index (χ3n) is 22.4. The van der Waals surface area contributed by atoms with Gasteiger partial charge in [0.25, 0.3) is 0 Å². The molecule has 5 aromatic heterocycles. The standard InChI is InChI=1S/C27H33N5O3.C26H34N6O4.C26H32N4O2/c1-16-14-29-20(15-28-16)13-25-30-26-22-9-8-17(2)31(27(34)35-4)23(22)10-11-24(26)32(25)21-7-5-6-19(12-21)18(3)33;1-18-4-5-20-21(32(18)26(35)36-2)6-7-22-25(20)28-23(10-15-30-12-3-11-27-30)31(22)16-24(34)29-13-8-19(17-33)9-14-29;1-17-16-27-14-13-21(17)30-23-12-11-22-20(10-9-18(2)29(22)26(31)32-3)25(23)28-24(30)15-19-7-5-4-6-8-19/h10-11,14-15,17,19,21H,5-9,12-13H2,1-4H3;3,6-7,11-12,18-19,33H,4-5,8-10,13-17H2,1-2H3;4-8,11-12,17-18,21,27H,9-10,13-16H2,1-3H3/t17-,19+,21+;18-;17-,18-,21+/m000/s1. The molecule has 0 bridgehead atoms. The highest BCUT2D eigenvalue weighted by molar-refractivity contribution is 5.98. The van der Waals surface area contributed by atoms with Crippen molar-refractivity contribution in [1.29, 1.82) is 0 Å². The molecule has 4 amide bonds. The molecule has 5 aliphatic heterocycles. The van der Waals surface area contributed by atoms with Gasteiger partial charge in [-0.1, -0.05) is 43.7 Å². The molecule has 0 unspecified atom stereocenters. The first-order valence-corrected chi connectivity index (χ1v) is 37.0. The zero-order valence-corrected chi connectivity index (χ0v) is 61.1. The number of carbonyl (C=O) groups is 5. The maximum atomic E-state index is 13.3. The fourth-order valence-corrected chi connectivity index (χ4v) is 16.7. The average molecular weight is 1400 g/mol. The Balaban J connectivity index is 0.000000138. The minimum atomic E-state index is -0.373. The van der Waals surface area contributed by atoms with E-state index in [-0.39, 0.29) is 79.1 Å². The Hall–Kier alpha value is -9.55. The molecule has 6 aliphatic rings. The lowest BCUT2D eigenvalue weighted by atomic mass is 9.83. The number of likely N-dealkylation sites (tertiary alicyclic amines) is 1. The van der Waals surface area contributed by atoms with E-state index in [0.717, 1.165) is 188 Å². The van der Waals surface area contributed by atoms with Crippen LogP contribution < -0.4 is 20.0 Å². The SMILES string of the molecule is COC(=O)N1c2ccc3c(nc(CCn4cccn4)n3CC(=O)N3CCC(CO)CC3)c2CC[C@@H]1C.COC(=O)N1c2ccc3c(nc(Cc4ccccc4)n3[C@@H]3CCNC[C@@H]3C)c2CC[C@@H]1C.COC(=O)N1c2ccc3c(nc(Cc4cnc(C)cn4)n3[C@@H]3CCC[C@@H](C(C)=O)C3)c2CC[C@@H]1C. The first-order chi connectivity index (χ1) is 49.9. The van der Waals surface area contributed by atoms with Crippen LogP contribution in [0.4, 0.5) is 31.4 Å². The lowest BCUT2D eigenvalue weighted by molar-refractivity contribution is -0.133. The van der Waals surface area contributed by atoms with Gasteiger partial charge in [-0.15, -0.1) is 0 Å². The van der Waals surface area contributed by atoms with Gasteiger partial charge in [-0.25, -0.2) is 29.3 Å². The number of rotatable bonds is 13. The summed E-state index contributed by atoms with van der Waals surface area (Å²) in [6, 6.07) is 25.6. The summed E-state index contributed by atoms with van der Waals surface area (Å²) >= 11 is 0. The van der Waals surface area contributed by atoms with Crippen LogP contribution in [0.5, 0.6) is 0 Å². The van der Waals surface area contributed by atoms with Gasteiger partial charge >= 0.3 is 18.3 Å². The molecule has 9 aromatic rings. The normalized spacial score (nSPS) is 21.2. The zero-order chi connectivity index (χ0) is 72.2. The summed E-state index contributed by atoms with van der Waals surface area (Å²) in [5.74, 6) is 4.10. The number of ketones is 1. The molecule has 10 heterocycles. The molecule has 544 valence electrons. The summed E-state index contributed by atoms with van der Waals surface area (Å²) < 4.78 is 24.0. The Labute approximate surface area is 602 Å². The summed E-state index contributed by atoms with van der Waals surface area (Å²) in [6.45, 7) is 16.5. The predicted molar refractivity (Wildman–Crippen MR) is 396 cm³/mol. The van der Waals surface area contributed by atoms with Gasteiger partial charge in [0.15, 0.2) is 0 Å². The van der Waals surface area contributed by atoms with Crippen LogP contribution in [0.1, 0.15) is 162 Å². The minimum absolute atomic E-state index is 0.0344. The highest BCUT2D eigenvalue weighted by Gasteiger charge is 2.38. The Morgan fingerprint density at radius 1 is 0.612 bits per heavy atom. The molecule has 24 heteroatoms. The number of piperidine rings is 2. The summed E-state index contributed by atoms with van der Waals surface area (Å²) in [5.41, 5.74) is 14.9. The Bertz CT molecular complexity index is 4520. The molecule has 4 aromatic carbocycles. The number of aromatic nitrogens is 10. The lowest BCUT2D eigenvalue weighted by Crippen LogP contribution is -2.42. The van der Waals surface area contributed by atoms with Crippen LogP contribution in [0.3, 0.4) is 0 Å². The van der Waals surface area contributed by atoms with Crippen LogP contribution in [0, 0.1) is 24.7 Å². The van der Waals surface area contributed by atoms with Crippen LogP contribution >= 0.6 is 0 Å². The van der Waals surface area contributed by atoms with Crippen molar-refractivity contribution in [3.63, 3.8) is 0 Å². The lowest BCUT2D eigenvalue weighted by Gasteiger charge is -2.34. The fraction of sp³-hybridized carbons (Fsp3) is 0.506. The number of carbonyl (C=O) groups excluding carboxylic acids is 5. The number of methoxy groups -OCH3 is 3. The third-order valence-corrected chi connectivity index (χ3v) is 22.4. The van der Waals surface area contributed by atoms with Gasteiger partial charge in [0.1, 0.15) is 29.8 Å². The number of hydrogen-bond acceptors (Lipinski definition) is 16. The predicted octanol–water partition coefficient (Wildman–Crippen LogP) is 12.3. The molecule has 2 saturated heterocycles. The Kier molecular flexibility index (Phi) is 22.0. The third kappa shape index (κ3) is 14.9. The van der Waals surface area contributed by atoms with Gasteiger partial charge in [-0.3, -0.25) is 38.9 Å². The second-order valence-corrected chi connectivity index (χ2v) is 29.1. The van der Waals surface area contributed by atoms with E-state index in [1.54, 1.807) is 34.0 Å². The van der Waals surface area contributed by atoms with Crippen molar-refractivity contribution in [1.82, 2.24) is 58.6 Å². The second kappa shape index (κ2) is 31.6. The summed E-state index contributed by atoms with van der Waals surface area (Å²) in [4.78, 5) is 94.8. The Morgan fingerprint density at radius 2 is 1.17 bits per heavy atom. The number of benzene rings is 4. The van der Waals surface area contributed by atoms with Gasteiger partial charge in [-0.05, 0) is 185 Å². The molecule has 24 nitrogen and oxygen atoms in total. The number of hydrogen-bond donors (Lipinski definition) is 2. The number of aryl methyl sites for hydroxylation is 6. The topological polar surface area (TPSA) is 255 Å². The quantitative estimate of drug-likeness (QED) is 0.102. The van der Waals surface area contributed by atoms with Crippen molar-refractivity contribution in [2.24, 2.45) is 17.8 Å². The van der Waals surface area contributed by atoms with E-state index in [1.807, 2.05) is 71.6 Å². The van der Waals surface area contributed by atoms with Crippen molar-refractivity contribution in [2.45, 2.75) is 188 Å². The number of imidazole rings is 3. The molecule has 15 rings (SSSR count). The van der Waals surface area contributed by atoms with E-state index in [2.05, 4.69) is 91.9 Å². The van der Waals surface area contributed by atoms with E-state index in [4.69, 9.17) is 29.2 Å². The molecule has 1 saturated carbocycles. The molecule has 0 radical (unpaired) electrons. The van der Waals surface area contributed by atoms with Crippen molar-refractivity contribution in [3.8, 4) is 0 Å². The van der Waals surface area contributed by atoms with Crippen molar-refractivity contribution in [2.75, 3.05) is 68.8 Å². The first-order valence-electron chi connectivity index (χ1n) is 37.0. The van der Waals surface area contributed by atoms with E-state index in [9.17, 15) is 29.1 Å². The van der Waals surface area contributed by atoms with E-state index in [1.165, 1.54) is 38.0 Å². The van der Waals surface area contributed by atoms with Gasteiger partial charge < -0.3 is 43.2 Å². The molecule has 2 N–H and O–H groups in total. The summed E-state index contributed by atoms with van der Waals surface area (Å²) in [7, 11) is 4.28. The number of aliphatic hydroxyl groups is 1. The molecule has 0 spiro atoms. The second-order valence-electron chi connectivity index (χ2n) is 29.1. The largest absolute Gasteiger partial charge is 0.452 e. The minimum Gasteiger partial charge on any atom is -0.452 e. The van der Waals surface area contributed by atoms with Crippen molar-refractivity contribution < 1.29 is 43.3 Å². The first kappa shape index (κ1) is 71.8. The maximum absolute atomic E-state index is 13.3. The van der Waals surface area contributed by atoms with Gasteiger partial charge in [0, 0.05) is 123 Å². The van der Waals surface area contributed by atoms with Crippen molar-refractivity contribution in [3.05, 3.63) is 149 Å². The number of nitrogens with one attached hydrogen (secondary N) is 1. The van der Waals surface area contributed by atoms with E-state index < -0.39 is 0 Å². The highest BCUT2D eigenvalue weighted by atomic mass is 16.6. The maximum Gasteiger partial charge on any atom is 0.414 e. The number of amides is 4. The van der Waals surface area contributed by atoms with Crippen LogP contribution in [0.15, 0.2) is 97.6 Å². The number of nitrogens with zero attached hydrogens (tertiary/aromatic N) is 14. The summed E-state index contributed by atoms with van der Waals surface area (Å²) in [5, 5.41) is 17.3. The molecule has 1 aliphatic carbocycles. The monoisotopic (exact) mass is 1400 g/mol. The van der Waals surface area contributed by atoms with Crippen LogP contribution in [0.2, 0.25) is 0 Å². The molecule has 3 fully saturated rings. The van der Waals surface area contributed by atoms with E-state index in [0.29, 0.717) is 44.4 Å². The average Bonchev–Trinajstić information content (AvgIpc) is 1.70. The molecule has 7 atom stereocenters. The van der Waals surface area contributed by atoms with Gasteiger partial charge in [0.2, 0.25) is 5.91 Å². The van der Waals surface area contributed by atoms with E-state index >= 15 is 0 Å². The number of ether oxygens (including phenoxy) is 3. The Morgan fingerprint density at radius 3 is 1.71 bits per heavy atom. The number of anilines is 3. The molecular formula is C79H99N15O9. The smallest absolute Gasteiger partial charge is 0.414 e. The van der Waals surface area contributed by atoms with Crippen LogP contribution in [0.25, 0.3) is 33.1 Å². The molecule has 103 heavy (non-hydrogen) atoms. The van der Waals surface area contributed by atoms with Gasteiger partial charge in [0.05, 0.1) is 82.9 Å². The van der Waals surface area contributed by atoms with Crippen LogP contribution in [-0.2, 0) is 75.4 Å². The number of fused-ring (bicyclic) bond motifs is 9. The zero-order valence-electron chi connectivity index (χ0n) is 61.1. The highest BCUT2D eigenvalue weighted by Crippen LogP contribution is 2.44. The number of Topliss-reactive ketones (excluding diaryl/α,β-unsaturated/α-hetero) is 1. The number of aliphatic hydroxyl groups excluding tert-OH is 1. The fourth-order valence-electron chi connectivity index (χ4n) is 16.7. The molecular weight excluding hydrogens is 1300 g/mol. The van der Waals surface area contributed by atoms with Crippen LogP contribution in [-0.4, -0.2) is 161 Å². The van der Waals surface area contributed by atoms with Gasteiger partial charge in [-0.2, -0.15) is 5.10 Å². The van der Waals surface area contributed by atoms with Crippen molar-refractivity contribution >= 4 is 80.1 Å².